The molecule has 3 amide bonds. The lowest BCUT2D eigenvalue weighted by molar-refractivity contribution is -0.134. The first-order chi connectivity index (χ1) is 12.3. The highest BCUT2D eigenvalue weighted by atomic mass is 79.9. The second-order valence-electron chi connectivity index (χ2n) is 5.78. The highest BCUT2D eigenvalue weighted by Crippen LogP contribution is 2.26. The van der Waals surface area contributed by atoms with Crippen LogP contribution in [0.15, 0.2) is 22.7 Å². The number of halogens is 3. The molecule has 0 aliphatic carbocycles. The smallest absolute Gasteiger partial charge is 0.261 e. The van der Waals surface area contributed by atoms with E-state index >= 15 is 0 Å². The number of rotatable bonds is 9. The molecule has 1 aliphatic rings. The molecule has 0 aromatic heterocycles. The van der Waals surface area contributed by atoms with Crippen LogP contribution in [0.2, 0.25) is 0 Å². The maximum atomic E-state index is 12.6. The zero-order chi connectivity index (χ0) is 19.3. The topological polar surface area (TPSA) is 66.9 Å². The molecular formula is C17H19BrF2N2O4. The van der Waals surface area contributed by atoms with E-state index in [-0.39, 0.29) is 32.5 Å². The summed E-state index contributed by atoms with van der Waals surface area (Å²) in [4.78, 5) is 38.9. The van der Waals surface area contributed by atoms with Gasteiger partial charge in [0.15, 0.2) is 0 Å². The lowest BCUT2D eigenvalue weighted by Crippen LogP contribution is -2.38. The van der Waals surface area contributed by atoms with Crippen molar-refractivity contribution in [1.82, 2.24) is 9.80 Å². The quantitative estimate of drug-likeness (QED) is 0.562. The van der Waals surface area contributed by atoms with E-state index in [2.05, 4.69) is 15.9 Å². The van der Waals surface area contributed by atoms with Gasteiger partial charge in [0.05, 0.1) is 24.3 Å². The van der Waals surface area contributed by atoms with Crippen molar-refractivity contribution in [3.05, 3.63) is 33.8 Å². The van der Waals surface area contributed by atoms with Gasteiger partial charge < -0.3 is 9.64 Å². The van der Waals surface area contributed by atoms with Crippen LogP contribution in [0.1, 0.15) is 33.6 Å². The summed E-state index contributed by atoms with van der Waals surface area (Å²) in [5.74, 6) is -1.28. The van der Waals surface area contributed by atoms with Gasteiger partial charge in [0.25, 0.3) is 18.2 Å². The Morgan fingerprint density at radius 3 is 2.62 bits per heavy atom. The van der Waals surface area contributed by atoms with E-state index in [1.165, 1.54) is 7.11 Å². The molecule has 6 nitrogen and oxygen atoms in total. The first-order valence-corrected chi connectivity index (χ1v) is 8.85. The highest BCUT2D eigenvalue weighted by Gasteiger charge is 2.35. The van der Waals surface area contributed by atoms with Crippen molar-refractivity contribution >= 4 is 33.7 Å². The van der Waals surface area contributed by atoms with E-state index in [1.807, 2.05) is 0 Å². The van der Waals surface area contributed by atoms with E-state index in [0.717, 1.165) is 9.80 Å². The number of hydrogen-bond donors (Lipinski definition) is 0. The Kier molecular flexibility index (Phi) is 7.22. The molecule has 0 bridgehead atoms. The summed E-state index contributed by atoms with van der Waals surface area (Å²) in [6.45, 7) is -0.377. The Bertz CT molecular complexity index is 699. The van der Waals surface area contributed by atoms with Crippen molar-refractivity contribution in [2.24, 2.45) is 0 Å². The molecule has 1 aromatic rings. The molecule has 0 unspecified atom stereocenters. The predicted octanol–water partition coefficient (Wildman–Crippen LogP) is 2.57. The van der Waals surface area contributed by atoms with Gasteiger partial charge in [0.1, 0.15) is 0 Å². The number of alkyl halides is 2. The minimum absolute atomic E-state index is 0.0342. The number of hydrogen-bond acceptors (Lipinski definition) is 4. The van der Waals surface area contributed by atoms with Gasteiger partial charge in [-0.25, -0.2) is 8.78 Å². The standard InChI is InChI=1S/C17H19BrF2N2O4/c1-26-8-7-21(10-14(19)20)15(23)3-2-6-22-16(24)12-5-4-11(18)9-13(12)17(22)25/h4-5,9,14H,2-3,6-8,10H2,1H3. The molecule has 26 heavy (non-hydrogen) atoms. The van der Waals surface area contributed by atoms with Crippen molar-refractivity contribution in [3.8, 4) is 0 Å². The summed E-state index contributed by atoms with van der Waals surface area (Å²) in [5, 5.41) is 0. The molecule has 142 valence electrons. The summed E-state index contributed by atoms with van der Waals surface area (Å²) < 4.78 is 30.7. The zero-order valence-electron chi connectivity index (χ0n) is 14.2. The third kappa shape index (κ3) is 4.85. The van der Waals surface area contributed by atoms with E-state index in [1.54, 1.807) is 18.2 Å². The first-order valence-electron chi connectivity index (χ1n) is 8.05. The fourth-order valence-electron chi connectivity index (χ4n) is 2.70. The fourth-order valence-corrected chi connectivity index (χ4v) is 3.06. The Hall–Kier alpha value is -1.87. The molecule has 0 fully saturated rings. The van der Waals surface area contributed by atoms with Crippen LogP contribution in [-0.4, -0.2) is 67.3 Å². The van der Waals surface area contributed by atoms with Gasteiger partial charge >= 0.3 is 0 Å². The lowest BCUT2D eigenvalue weighted by Gasteiger charge is -2.22. The fraction of sp³-hybridized carbons (Fsp3) is 0.471. The monoisotopic (exact) mass is 432 g/mol. The van der Waals surface area contributed by atoms with Crippen molar-refractivity contribution < 1.29 is 27.9 Å². The first kappa shape index (κ1) is 20.4. The molecule has 1 heterocycles. The van der Waals surface area contributed by atoms with E-state index in [9.17, 15) is 23.2 Å². The number of carbonyl (C=O) groups excluding carboxylic acids is 3. The summed E-state index contributed by atoms with van der Waals surface area (Å²) in [6.07, 6.45) is -2.46. The normalized spacial score (nSPS) is 13.5. The highest BCUT2D eigenvalue weighted by molar-refractivity contribution is 9.10. The number of imide groups is 1. The van der Waals surface area contributed by atoms with Crippen molar-refractivity contribution in [3.63, 3.8) is 0 Å². The lowest BCUT2D eigenvalue weighted by atomic mass is 10.1. The number of carbonyl (C=O) groups is 3. The SMILES string of the molecule is COCCN(CC(F)F)C(=O)CCCN1C(=O)c2ccc(Br)cc2C1=O. The van der Waals surface area contributed by atoms with Gasteiger partial charge in [-0.15, -0.1) is 0 Å². The van der Waals surface area contributed by atoms with Gasteiger partial charge in [-0.2, -0.15) is 0 Å². The second kappa shape index (κ2) is 9.18. The maximum Gasteiger partial charge on any atom is 0.261 e. The summed E-state index contributed by atoms with van der Waals surface area (Å²) in [5.41, 5.74) is 0.638. The maximum absolute atomic E-state index is 12.6. The Morgan fingerprint density at radius 1 is 1.27 bits per heavy atom. The molecule has 9 heteroatoms. The average molecular weight is 433 g/mol. The van der Waals surface area contributed by atoms with Gasteiger partial charge in [-0.05, 0) is 24.6 Å². The largest absolute Gasteiger partial charge is 0.383 e. The minimum Gasteiger partial charge on any atom is -0.383 e. The second-order valence-corrected chi connectivity index (χ2v) is 6.69. The molecular weight excluding hydrogens is 414 g/mol. The van der Waals surface area contributed by atoms with Gasteiger partial charge in [-0.1, -0.05) is 15.9 Å². The number of amides is 3. The zero-order valence-corrected chi connectivity index (χ0v) is 15.8. The predicted molar refractivity (Wildman–Crippen MR) is 93.2 cm³/mol. The molecule has 1 aromatic carbocycles. The van der Waals surface area contributed by atoms with E-state index < -0.39 is 30.7 Å². The van der Waals surface area contributed by atoms with Gasteiger partial charge in [0, 0.05) is 31.1 Å². The Labute approximate surface area is 158 Å². The molecule has 0 atom stereocenters. The van der Waals surface area contributed by atoms with Crippen molar-refractivity contribution in [1.29, 1.82) is 0 Å². The van der Waals surface area contributed by atoms with Crippen LogP contribution < -0.4 is 0 Å². The van der Waals surface area contributed by atoms with E-state index in [4.69, 9.17) is 4.74 Å². The van der Waals surface area contributed by atoms with Crippen molar-refractivity contribution in [2.75, 3.05) is 33.4 Å². The van der Waals surface area contributed by atoms with Crippen LogP contribution in [0.3, 0.4) is 0 Å². The third-order valence-corrected chi connectivity index (χ3v) is 4.47. The van der Waals surface area contributed by atoms with Crippen LogP contribution >= 0.6 is 15.9 Å². The number of methoxy groups -OCH3 is 1. The number of ether oxygens (including phenoxy) is 1. The van der Waals surface area contributed by atoms with Crippen LogP contribution in [0.25, 0.3) is 0 Å². The van der Waals surface area contributed by atoms with Crippen LogP contribution in [0, 0.1) is 0 Å². The van der Waals surface area contributed by atoms with Gasteiger partial charge in [0.2, 0.25) is 5.91 Å². The third-order valence-electron chi connectivity index (χ3n) is 3.98. The minimum atomic E-state index is -2.63. The summed E-state index contributed by atoms with van der Waals surface area (Å²) in [7, 11) is 1.42. The Morgan fingerprint density at radius 2 is 1.96 bits per heavy atom. The molecule has 1 aliphatic heterocycles. The number of nitrogens with zero attached hydrogens (tertiary/aromatic N) is 2. The Balaban J connectivity index is 1.91. The van der Waals surface area contributed by atoms with Crippen LogP contribution in [0.5, 0.6) is 0 Å². The molecule has 0 radical (unpaired) electrons. The van der Waals surface area contributed by atoms with Crippen LogP contribution in [-0.2, 0) is 9.53 Å². The van der Waals surface area contributed by atoms with Crippen LogP contribution in [0.4, 0.5) is 8.78 Å². The van der Waals surface area contributed by atoms with Gasteiger partial charge in [-0.3, -0.25) is 19.3 Å². The molecule has 0 saturated heterocycles. The molecule has 2 rings (SSSR count). The van der Waals surface area contributed by atoms with Crippen molar-refractivity contribution in [2.45, 2.75) is 19.3 Å². The number of benzene rings is 1. The molecule has 0 N–H and O–H groups in total. The molecule has 0 saturated carbocycles. The summed E-state index contributed by atoms with van der Waals surface area (Å²) >= 11 is 3.26. The van der Waals surface area contributed by atoms with E-state index in [0.29, 0.717) is 15.6 Å². The average Bonchev–Trinajstić information content (AvgIpc) is 2.82. The molecule has 0 spiro atoms. The number of fused-ring (bicyclic) bond motifs is 1. The summed E-state index contributed by atoms with van der Waals surface area (Å²) in [6, 6.07) is 4.82.